The Labute approximate surface area is 162 Å². The summed E-state index contributed by atoms with van der Waals surface area (Å²) in [6.07, 6.45) is 8.61. The van der Waals surface area contributed by atoms with Crippen molar-refractivity contribution in [3.05, 3.63) is 36.9 Å². The van der Waals surface area contributed by atoms with Gasteiger partial charge in [-0.25, -0.2) is 4.39 Å². The van der Waals surface area contributed by atoms with Gasteiger partial charge in [0.25, 0.3) is 5.91 Å². The highest BCUT2D eigenvalue weighted by molar-refractivity contribution is 5.79. The number of unbranched alkanes of at least 4 members (excludes halogenated alkanes) is 2. The molecule has 5 heteroatoms. The number of halogens is 1. The largest absolute Gasteiger partial charge is 0.385 e. The minimum Gasteiger partial charge on any atom is -0.385 e. The van der Waals surface area contributed by atoms with Gasteiger partial charge in [0.2, 0.25) is 5.67 Å². The molecule has 1 fully saturated rings. The Balaban J connectivity index is 1.60. The zero-order valence-corrected chi connectivity index (χ0v) is 16.2. The molecule has 1 saturated heterocycles. The summed E-state index contributed by atoms with van der Waals surface area (Å²) in [5.74, 6) is 6.19. The minimum atomic E-state index is -1.60. The van der Waals surface area contributed by atoms with Crippen molar-refractivity contribution >= 4 is 5.91 Å². The maximum Gasteiger partial charge on any atom is 0.260 e. The van der Waals surface area contributed by atoms with Crippen LogP contribution in [-0.4, -0.2) is 23.2 Å². The smallest absolute Gasteiger partial charge is 0.260 e. The molecule has 148 valence electrons. The second kappa shape index (κ2) is 10.2. The lowest BCUT2D eigenvalue weighted by Gasteiger charge is -2.24. The number of nitrogens with zero attached hydrogens (tertiary/aromatic N) is 1. The molecule has 0 bridgehead atoms. The van der Waals surface area contributed by atoms with Gasteiger partial charge in [0.1, 0.15) is 5.76 Å². The fourth-order valence-corrected chi connectivity index (χ4v) is 3.17. The van der Waals surface area contributed by atoms with E-state index >= 15 is 0 Å². The number of amides is 1. The Kier molecular flexibility index (Phi) is 7.97. The molecule has 1 unspecified atom stereocenters. The minimum absolute atomic E-state index is 0.0682. The van der Waals surface area contributed by atoms with Gasteiger partial charge in [-0.3, -0.25) is 4.79 Å². The predicted molar refractivity (Wildman–Crippen MR) is 106 cm³/mol. The van der Waals surface area contributed by atoms with Crippen LogP contribution in [0.15, 0.2) is 36.9 Å². The first-order chi connectivity index (χ1) is 12.9. The molecule has 0 aromatic carbocycles. The molecule has 0 saturated carbocycles. The highest BCUT2D eigenvalue weighted by atomic mass is 19.1. The number of carbonyl (C=O) groups is 1. The van der Waals surface area contributed by atoms with Gasteiger partial charge < -0.3 is 10.2 Å². The summed E-state index contributed by atoms with van der Waals surface area (Å²) in [6, 6.07) is 0. The summed E-state index contributed by atoms with van der Waals surface area (Å²) < 4.78 is 14.9. The lowest BCUT2D eigenvalue weighted by atomic mass is 9.93. The van der Waals surface area contributed by atoms with Crippen molar-refractivity contribution < 1.29 is 14.0 Å². The third kappa shape index (κ3) is 6.46. The lowest BCUT2D eigenvalue weighted by molar-refractivity contribution is -0.157. The highest BCUT2D eigenvalue weighted by Crippen LogP contribution is 2.27. The van der Waals surface area contributed by atoms with Crippen molar-refractivity contribution in [3.8, 4) is 11.8 Å². The number of rotatable bonds is 10. The van der Waals surface area contributed by atoms with Crippen molar-refractivity contribution in [1.82, 2.24) is 10.4 Å². The number of hydrogen-bond donors (Lipinski definition) is 1. The molecule has 27 heavy (non-hydrogen) atoms. The summed E-state index contributed by atoms with van der Waals surface area (Å²) in [5.41, 5.74) is -0.537. The molecule has 1 aliphatic heterocycles. The van der Waals surface area contributed by atoms with Crippen LogP contribution in [0.25, 0.3) is 0 Å². The Morgan fingerprint density at radius 1 is 1.22 bits per heavy atom. The Bertz CT molecular complexity index is 630. The summed E-state index contributed by atoms with van der Waals surface area (Å²) >= 11 is 0. The van der Waals surface area contributed by atoms with Crippen LogP contribution in [0.3, 0.4) is 0 Å². The fourth-order valence-electron chi connectivity index (χ4n) is 3.17. The van der Waals surface area contributed by atoms with E-state index in [2.05, 4.69) is 36.9 Å². The number of carbonyl (C=O) groups excluding carboxylic acids is 1. The van der Waals surface area contributed by atoms with Gasteiger partial charge in [0.15, 0.2) is 0 Å². The Hall–Kier alpha value is -2.22. The van der Waals surface area contributed by atoms with Gasteiger partial charge in [-0.1, -0.05) is 44.4 Å². The number of hydroxylamine groups is 2. The van der Waals surface area contributed by atoms with Gasteiger partial charge in [0.05, 0.1) is 11.4 Å². The predicted octanol–water partition coefficient (Wildman–Crippen LogP) is 4.91. The second-order valence-electron chi connectivity index (χ2n) is 7.26. The molecule has 0 spiro atoms. The topological polar surface area (TPSA) is 41.6 Å². The number of nitrogens with one attached hydrogen (secondary N) is 1. The molecule has 0 aromatic rings. The third-order valence-corrected chi connectivity index (χ3v) is 4.92. The summed E-state index contributed by atoms with van der Waals surface area (Å²) in [6.45, 7) is 12.2. The van der Waals surface area contributed by atoms with Crippen molar-refractivity contribution in [2.24, 2.45) is 0 Å². The number of allylic oxidation sites excluding steroid dienone is 3. The molecule has 0 radical (unpaired) electrons. The van der Waals surface area contributed by atoms with Gasteiger partial charge >= 0.3 is 0 Å². The van der Waals surface area contributed by atoms with E-state index < -0.39 is 5.67 Å². The second-order valence-corrected chi connectivity index (χ2v) is 7.26. The standard InChI is InChI=1S/C22H31FN2O2/c1-18-13-14-21(26)25(18)27-19(2)12-8-7-11-17-24-20(3)22(23)15-9-5-4-6-10-16-22/h24H,1-9,11-15,17H2. The fraction of sp³-hybridized carbons (Fsp3) is 0.591. The Morgan fingerprint density at radius 2 is 2.04 bits per heavy atom. The molecule has 2 rings (SSSR count). The average molecular weight is 375 g/mol. The molecular formula is C22H31FN2O2. The van der Waals surface area contributed by atoms with E-state index in [0.717, 1.165) is 44.9 Å². The van der Waals surface area contributed by atoms with Crippen LogP contribution in [0.4, 0.5) is 4.39 Å². The quantitative estimate of drug-likeness (QED) is 0.336. The Morgan fingerprint density at radius 3 is 2.78 bits per heavy atom. The maximum atomic E-state index is 14.9. The van der Waals surface area contributed by atoms with Crippen molar-refractivity contribution in [1.29, 1.82) is 0 Å². The van der Waals surface area contributed by atoms with Crippen LogP contribution in [0.5, 0.6) is 0 Å². The molecule has 1 atom stereocenters. The van der Waals surface area contributed by atoms with E-state index in [9.17, 15) is 9.18 Å². The first-order valence-electron chi connectivity index (χ1n) is 9.91. The van der Waals surface area contributed by atoms with E-state index in [4.69, 9.17) is 4.84 Å². The highest BCUT2D eigenvalue weighted by Gasteiger charge is 2.31. The van der Waals surface area contributed by atoms with Crippen LogP contribution in [-0.2, 0) is 9.63 Å². The molecule has 2 aliphatic rings. The van der Waals surface area contributed by atoms with Gasteiger partial charge in [-0.05, 0) is 38.5 Å². The zero-order chi connectivity index (χ0) is 19.7. The zero-order valence-electron chi connectivity index (χ0n) is 16.2. The molecule has 1 aliphatic carbocycles. The summed E-state index contributed by atoms with van der Waals surface area (Å²) in [4.78, 5) is 17.1. The SMILES string of the molecule is C=C(CCCCCNC(=C)C1(F)C#CCCCCC1)ON1C(=C)CCC1=O. The summed E-state index contributed by atoms with van der Waals surface area (Å²) in [5, 5.41) is 4.36. The molecule has 1 amide bonds. The van der Waals surface area contributed by atoms with E-state index in [-0.39, 0.29) is 5.91 Å². The lowest BCUT2D eigenvalue weighted by Crippen LogP contribution is -2.33. The molecule has 0 aromatic heterocycles. The van der Waals surface area contributed by atoms with Crippen molar-refractivity contribution in [3.63, 3.8) is 0 Å². The number of hydrogen-bond acceptors (Lipinski definition) is 3. The average Bonchev–Trinajstić information content (AvgIpc) is 2.93. The normalized spacial score (nSPS) is 22.5. The number of alkyl halides is 1. The molecular weight excluding hydrogens is 343 g/mol. The van der Waals surface area contributed by atoms with E-state index in [1.54, 1.807) is 0 Å². The monoisotopic (exact) mass is 374 g/mol. The van der Waals surface area contributed by atoms with Crippen molar-refractivity contribution in [2.45, 2.75) is 76.3 Å². The van der Waals surface area contributed by atoms with Gasteiger partial charge in [-0.15, -0.1) is 5.06 Å². The molecule has 4 nitrogen and oxygen atoms in total. The van der Waals surface area contributed by atoms with Gasteiger partial charge in [-0.2, -0.15) is 0 Å². The van der Waals surface area contributed by atoms with Crippen LogP contribution >= 0.6 is 0 Å². The van der Waals surface area contributed by atoms with E-state index in [1.807, 2.05) is 0 Å². The van der Waals surface area contributed by atoms with Crippen LogP contribution < -0.4 is 5.32 Å². The van der Waals surface area contributed by atoms with Crippen LogP contribution in [0.2, 0.25) is 0 Å². The molecule has 1 N–H and O–H groups in total. The van der Waals surface area contributed by atoms with E-state index in [0.29, 0.717) is 49.4 Å². The van der Waals surface area contributed by atoms with E-state index in [1.165, 1.54) is 5.06 Å². The summed E-state index contributed by atoms with van der Waals surface area (Å²) in [7, 11) is 0. The van der Waals surface area contributed by atoms with Crippen molar-refractivity contribution in [2.75, 3.05) is 6.54 Å². The van der Waals surface area contributed by atoms with Gasteiger partial charge in [0, 0.05) is 25.8 Å². The first-order valence-corrected chi connectivity index (χ1v) is 9.91. The third-order valence-electron chi connectivity index (χ3n) is 4.92. The molecule has 1 heterocycles. The van der Waals surface area contributed by atoms with Crippen LogP contribution in [0, 0.1) is 11.8 Å². The van der Waals surface area contributed by atoms with Crippen LogP contribution in [0.1, 0.15) is 70.6 Å². The first kappa shape index (κ1) is 21.1. The maximum absolute atomic E-state index is 14.9.